The Bertz CT molecular complexity index is 626. The third-order valence-corrected chi connectivity index (χ3v) is 4.58. The molecule has 0 unspecified atom stereocenters. The second-order valence-corrected chi connectivity index (χ2v) is 6.42. The fourth-order valence-corrected chi connectivity index (χ4v) is 3.22. The summed E-state index contributed by atoms with van der Waals surface area (Å²) < 4.78 is 5.66. The van der Waals surface area contributed by atoms with Crippen molar-refractivity contribution in [1.82, 2.24) is 25.4 Å². The van der Waals surface area contributed by atoms with Crippen molar-refractivity contribution < 1.29 is 9.53 Å². The number of H-pyrrole nitrogens is 1. The van der Waals surface area contributed by atoms with E-state index in [9.17, 15) is 4.79 Å². The molecule has 0 aliphatic carbocycles. The van der Waals surface area contributed by atoms with E-state index >= 15 is 0 Å². The molecule has 2 aromatic rings. The third kappa shape index (κ3) is 4.08. The molecule has 1 aliphatic heterocycles. The molecule has 0 aromatic carbocycles. The number of carbonyl (C=O) groups excluding carboxylic acids is 1. The van der Waals surface area contributed by atoms with Crippen molar-refractivity contribution in [3.05, 3.63) is 23.3 Å². The summed E-state index contributed by atoms with van der Waals surface area (Å²) in [4.78, 5) is 19.5. The highest BCUT2D eigenvalue weighted by Crippen LogP contribution is 2.20. The number of hydrogen-bond donors (Lipinski definition) is 2. The Labute approximate surface area is 139 Å². The monoisotopic (exact) mass is 335 g/mol. The third-order valence-electron chi connectivity index (χ3n) is 3.72. The smallest absolute Gasteiger partial charge is 0.317 e. The van der Waals surface area contributed by atoms with Crippen LogP contribution >= 0.6 is 11.3 Å². The number of aromatic amines is 1. The summed E-state index contributed by atoms with van der Waals surface area (Å²) in [5.74, 6) is 1.32. The Hall–Kier alpha value is -1.93. The predicted octanol–water partition coefficient (Wildman–Crippen LogP) is 2.24. The first-order valence-electron chi connectivity index (χ1n) is 7.85. The number of thiophene rings is 1. The van der Waals surface area contributed by atoms with Crippen LogP contribution in [0.4, 0.5) is 4.79 Å². The van der Waals surface area contributed by atoms with Crippen LogP contribution in [-0.4, -0.2) is 51.9 Å². The predicted molar refractivity (Wildman–Crippen MR) is 88.2 cm³/mol. The van der Waals surface area contributed by atoms with Gasteiger partial charge in [0.15, 0.2) is 5.82 Å². The van der Waals surface area contributed by atoms with Crippen molar-refractivity contribution in [2.75, 3.05) is 19.7 Å². The van der Waals surface area contributed by atoms with Crippen LogP contribution in [0.1, 0.15) is 25.6 Å². The number of rotatable bonds is 5. The molecule has 0 bridgehead atoms. The molecule has 2 N–H and O–H groups in total. The summed E-state index contributed by atoms with van der Waals surface area (Å²) in [6, 6.07) is 3.85. The fourth-order valence-electron chi connectivity index (χ4n) is 2.56. The Morgan fingerprint density at radius 2 is 2.52 bits per heavy atom. The first-order valence-corrected chi connectivity index (χ1v) is 8.73. The number of urea groups is 1. The number of morpholine rings is 1. The summed E-state index contributed by atoms with van der Waals surface area (Å²) in [6.45, 7) is 4.34. The maximum absolute atomic E-state index is 12.3. The van der Waals surface area contributed by atoms with Gasteiger partial charge in [-0.25, -0.2) is 9.78 Å². The molecular formula is C15H21N5O2S. The highest BCUT2D eigenvalue weighted by molar-refractivity contribution is 7.13. The van der Waals surface area contributed by atoms with E-state index in [1.54, 1.807) is 16.2 Å². The molecule has 0 radical (unpaired) electrons. The van der Waals surface area contributed by atoms with Crippen molar-refractivity contribution in [2.24, 2.45) is 0 Å². The quantitative estimate of drug-likeness (QED) is 0.878. The van der Waals surface area contributed by atoms with Gasteiger partial charge in [-0.2, -0.15) is 5.10 Å². The van der Waals surface area contributed by atoms with Gasteiger partial charge in [0.05, 0.1) is 24.1 Å². The minimum Gasteiger partial charge on any atom is -0.375 e. The second-order valence-electron chi connectivity index (χ2n) is 5.47. The van der Waals surface area contributed by atoms with Gasteiger partial charge in [0.25, 0.3) is 0 Å². The highest BCUT2D eigenvalue weighted by Gasteiger charge is 2.23. The molecule has 2 aromatic heterocycles. The van der Waals surface area contributed by atoms with E-state index in [0.29, 0.717) is 37.9 Å². The maximum atomic E-state index is 12.3. The van der Waals surface area contributed by atoms with Crippen molar-refractivity contribution in [1.29, 1.82) is 0 Å². The van der Waals surface area contributed by atoms with E-state index in [1.165, 1.54) is 0 Å². The minimum atomic E-state index is -0.0801. The lowest BCUT2D eigenvalue weighted by atomic mass is 10.2. The van der Waals surface area contributed by atoms with Gasteiger partial charge in [-0.05, 0) is 17.9 Å². The van der Waals surface area contributed by atoms with Crippen molar-refractivity contribution in [3.63, 3.8) is 0 Å². The normalized spacial score (nSPS) is 18.1. The first kappa shape index (κ1) is 15.9. The number of aromatic nitrogens is 3. The minimum absolute atomic E-state index is 0.0801. The Kier molecular flexibility index (Phi) is 5.24. The van der Waals surface area contributed by atoms with Gasteiger partial charge in [-0.15, -0.1) is 11.3 Å². The average Bonchev–Trinajstić information content (AvgIpc) is 3.24. The molecule has 124 valence electrons. The van der Waals surface area contributed by atoms with Crippen LogP contribution < -0.4 is 5.32 Å². The second kappa shape index (κ2) is 7.56. The molecule has 1 atom stereocenters. The van der Waals surface area contributed by atoms with E-state index in [-0.39, 0.29) is 12.1 Å². The van der Waals surface area contributed by atoms with E-state index in [4.69, 9.17) is 4.74 Å². The molecule has 0 spiro atoms. The van der Waals surface area contributed by atoms with Crippen LogP contribution in [-0.2, 0) is 11.3 Å². The number of nitrogens with zero attached hydrogens (tertiary/aromatic N) is 3. The maximum Gasteiger partial charge on any atom is 0.317 e. The lowest BCUT2D eigenvalue weighted by molar-refractivity contribution is -0.0181. The Morgan fingerprint density at radius 1 is 1.61 bits per heavy atom. The zero-order valence-electron chi connectivity index (χ0n) is 13.1. The SMILES string of the molecule is CCC[C@@H]1CN(C(=O)NCc2nc(-c3cccs3)n[nH]2)CCO1. The molecule has 3 rings (SSSR count). The highest BCUT2D eigenvalue weighted by atomic mass is 32.1. The number of amides is 2. The van der Waals surface area contributed by atoms with Crippen LogP contribution in [0, 0.1) is 0 Å². The fraction of sp³-hybridized carbons (Fsp3) is 0.533. The van der Waals surface area contributed by atoms with Gasteiger partial charge in [-0.3, -0.25) is 5.10 Å². The van der Waals surface area contributed by atoms with Crippen molar-refractivity contribution in [3.8, 4) is 10.7 Å². The zero-order chi connectivity index (χ0) is 16.1. The summed E-state index contributed by atoms with van der Waals surface area (Å²) in [6.07, 6.45) is 2.19. The number of hydrogen-bond acceptors (Lipinski definition) is 5. The molecular weight excluding hydrogens is 314 g/mol. The van der Waals surface area contributed by atoms with Crippen LogP contribution in [0.2, 0.25) is 0 Å². The standard InChI is InChI=1S/C15H21N5O2S/c1-2-4-11-10-20(6-7-22-11)15(21)16-9-13-17-14(19-18-13)12-5-3-8-23-12/h3,5,8,11H,2,4,6-7,9-10H2,1H3,(H,16,21)(H,17,18,19)/t11-/m1/s1. The lowest BCUT2D eigenvalue weighted by Crippen LogP contribution is -2.49. The summed E-state index contributed by atoms with van der Waals surface area (Å²) in [5, 5.41) is 11.9. The zero-order valence-corrected chi connectivity index (χ0v) is 13.9. The van der Waals surface area contributed by atoms with Crippen molar-refractivity contribution in [2.45, 2.75) is 32.4 Å². The molecule has 2 amide bonds. The summed E-state index contributed by atoms with van der Waals surface area (Å²) in [5.41, 5.74) is 0. The van der Waals surface area contributed by atoms with Gasteiger partial charge in [0.2, 0.25) is 0 Å². The Balaban J connectivity index is 1.51. The largest absolute Gasteiger partial charge is 0.375 e. The van der Waals surface area contributed by atoms with Gasteiger partial charge < -0.3 is 15.0 Å². The van der Waals surface area contributed by atoms with Crippen LogP contribution in [0.25, 0.3) is 10.7 Å². The van der Waals surface area contributed by atoms with E-state index in [2.05, 4.69) is 27.4 Å². The van der Waals surface area contributed by atoms with E-state index in [0.717, 1.165) is 17.7 Å². The van der Waals surface area contributed by atoms with Gasteiger partial charge >= 0.3 is 6.03 Å². The van der Waals surface area contributed by atoms with Crippen LogP contribution in [0.3, 0.4) is 0 Å². The molecule has 3 heterocycles. The topological polar surface area (TPSA) is 83.1 Å². The molecule has 8 heteroatoms. The number of ether oxygens (including phenoxy) is 1. The lowest BCUT2D eigenvalue weighted by Gasteiger charge is -2.32. The van der Waals surface area contributed by atoms with Crippen molar-refractivity contribution >= 4 is 17.4 Å². The molecule has 1 aliphatic rings. The van der Waals surface area contributed by atoms with E-state index < -0.39 is 0 Å². The van der Waals surface area contributed by atoms with Gasteiger partial charge in [-0.1, -0.05) is 19.4 Å². The molecule has 0 saturated carbocycles. The number of nitrogens with one attached hydrogen (secondary N) is 2. The number of carbonyl (C=O) groups is 1. The van der Waals surface area contributed by atoms with Gasteiger partial charge in [0, 0.05) is 13.1 Å². The molecule has 1 fully saturated rings. The van der Waals surface area contributed by atoms with Crippen LogP contribution in [0.5, 0.6) is 0 Å². The molecule has 7 nitrogen and oxygen atoms in total. The summed E-state index contributed by atoms with van der Waals surface area (Å²) >= 11 is 1.59. The first-order chi connectivity index (χ1) is 11.3. The van der Waals surface area contributed by atoms with Gasteiger partial charge in [0.1, 0.15) is 5.82 Å². The molecule has 1 saturated heterocycles. The summed E-state index contributed by atoms with van der Waals surface area (Å²) in [7, 11) is 0. The molecule has 23 heavy (non-hydrogen) atoms. The Morgan fingerprint density at radius 3 is 3.30 bits per heavy atom. The van der Waals surface area contributed by atoms with Crippen LogP contribution in [0.15, 0.2) is 17.5 Å². The average molecular weight is 335 g/mol. The van der Waals surface area contributed by atoms with E-state index in [1.807, 2.05) is 17.5 Å².